The van der Waals surface area contributed by atoms with Crippen molar-refractivity contribution in [3.05, 3.63) is 93.7 Å². The van der Waals surface area contributed by atoms with Crippen LogP contribution in [0.5, 0.6) is 11.6 Å². The van der Waals surface area contributed by atoms with E-state index in [1.165, 1.54) is 35.6 Å². The second kappa shape index (κ2) is 11.6. The van der Waals surface area contributed by atoms with Crippen LogP contribution in [0.15, 0.2) is 54.7 Å². The molecule has 0 bridgehead atoms. The molecule has 0 spiro atoms. The number of rotatable bonds is 9. The lowest BCUT2D eigenvalue weighted by Crippen LogP contribution is -2.50. The van der Waals surface area contributed by atoms with Crippen molar-refractivity contribution in [2.24, 2.45) is 0 Å². The Balaban J connectivity index is 1.31. The number of aromatic carboxylic acids is 1. The van der Waals surface area contributed by atoms with Gasteiger partial charge in [-0.05, 0) is 71.7 Å². The number of methoxy groups -OCH3 is 1. The number of nitrogens with zero attached hydrogens (tertiary/aromatic N) is 3. The third kappa shape index (κ3) is 5.05. The quantitative estimate of drug-likeness (QED) is 0.275. The Morgan fingerprint density at radius 3 is 2.60 bits per heavy atom. The summed E-state index contributed by atoms with van der Waals surface area (Å²) in [6.07, 6.45) is 3.08. The predicted molar refractivity (Wildman–Crippen MR) is 161 cm³/mol. The molecule has 0 saturated carbocycles. The summed E-state index contributed by atoms with van der Waals surface area (Å²) in [5.41, 5.74) is 10.2. The van der Waals surface area contributed by atoms with Crippen molar-refractivity contribution in [1.29, 1.82) is 0 Å². The second-order valence-electron chi connectivity index (χ2n) is 11.1. The van der Waals surface area contributed by atoms with Crippen LogP contribution in [0, 0.1) is 13.8 Å². The minimum atomic E-state index is -1.08. The third-order valence-electron chi connectivity index (χ3n) is 8.56. The number of aromatic nitrogens is 2. The normalized spacial score (nSPS) is 15.2. The van der Waals surface area contributed by atoms with Crippen LogP contribution < -0.4 is 9.47 Å². The molecule has 0 aliphatic carbocycles. The highest BCUT2D eigenvalue weighted by molar-refractivity contribution is 5.90. The molecule has 6 rings (SSSR count). The molecule has 0 atom stereocenters. The molecule has 3 heterocycles. The molecule has 42 heavy (non-hydrogen) atoms. The zero-order valence-corrected chi connectivity index (χ0v) is 24.6. The van der Waals surface area contributed by atoms with Gasteiger partial charge in [-0.15, -0.1) is 0 Å². The molecular weight excluding hydrogens is 530 g/mol. The molecule has 8 heteroatoms. The molecule has 1 saturated heterocycles. The summed E-state index contributed by atoms with van der Waals surface area (Å²) in [5, 5.41) is 14.0. The fraction of sp³-hybridized carbons (Fsp3) is 0.353. The summed E-state index contributed by atoms with van der Waals surface area (Å²) < 4.78 is 19.1. The molecule has 2 aliphatic heterocycles. The number of carbonyl (C=O) groups is 1. The SMILES string of the molecule is CCc1c(-c2cccc(C)c2OCc2cc(C)c3c(c2)CCN(C2COC2)C3)cccc1-n1ncc(C(=O)O)c1OC. The van der Waals surface area contributed by atoms with Crippen LogP contribution >= 0.6 is 0 Å². The Kier molecular flexibility index (Phi) is 7.75. The molecule has 0 unspecified atom stereocenters. The zero-order valence-electron chi connectivity index (χ0n) is 24.6. The van der Waals surface area contributed by atoms with E-state index >= 15 is 0 Å². The number of hydrogen-bond donors (Lipinski definition) is 1. The van der Waals surface area contributed by atoms with Crippen LogP contribution in [0.2, 0.25) is 0 Å². The van der Waals surface area contributed by atoms with Gasteiger partial charge in [-0.1, -0.05) is 49.4 Å². The standard InChI is InChI=1S/C34H37N3O5/c1-5-26-27(9-7-11-31(26)37-33(40-4)29(16-35-37)34(38)39)28-10-6-8-21(2)32(28)42-18-23-14-22(3)30-17-36(25-19-41-20-25)13-12-24(30)15-23/h6-11,14-16,25H,5,12-13,17-20H2,1-4H3,(H,38,39). The van der Waals surface area contributed by atoms with E-state index in [0.29, 0.717) is 19.1 Å². The Morgan fingerprint density at radius 2 is 1.88 bits per heavy atom. The Morgan fingerprint density at radius 1 is 1.10 bits per heavy atom. The summed E-state index contributed by atoms with van der Waals surface area (Å²) >= 11 is 0. The van der Waals surface area contributed by atoms with Gasteiger partial charge in [-0.2, -0.15) is 5.10 Å². The van der Waals surface area contributed by atoms with E-state index in [2.05, 4.69) is 61.1 Å². The first-order valence-electron chi connectivity index (χ1n) is 14.5. The smallest absolute Gasteiger partial charge is 0.342 e. The zero-order chi connectivity index (χ0) is 29.4. The molecule has 1 aromatic heterocycles. The Labute approximate surface area is 246 Å². The van der Waals surface area contributed by atoms with E-state index in [1.54, 1.807) is 4.68 Å². The van der Waals surface area contributed by atoms with Gasteiger partial charge in [0.15, 0.2) is 0 Å². The molecule has 1 fully saturated rings. The number of carboxylic acid groups (broad SMARTS) is 1. The van der Waals surface area contributed by atoms with E-state index in [-0.39, 0.29) is 11.4 Å². The van der Waals surface area contributed by atoms with Crippen LogP contribution in [0.3, 0.4) is 0 Å². The number of hydrogen-bond acceptors (Lipinski definition) is 6. The molecule has 8 nitrogen and oxygen atoms in total. The summed E-state index contributed by atoms with van der Waals surface area (Å²) in [6, 6.07) is 17.3. The van der Waals surface area contributed by atoms with Gasteiger partial charge in [-0.3, -0.25) is 4.90 Å². The highest BCUT2D eigenvalue weighted by Crippen LogP contribution is 2.39. The molecule has 218 valence electrons. The molecule has 2 aliphatic rings. The van der Waals surface area contributed by atoms with E-state index in [0.717, 1.165) is 66.4 Å². The van der Waals surface area contributed by atoms with Crippen molar-refractivity contribution in [3.8, 4) is 28.4 Å². The van der Waals surface area contributed by atoms with Crippen LogP contribution in [0.1, 0.15) is 50.7 Å². The third-order valence-corrected chi connectivity index (χ3v) is 8.56. The van der Waals surface area contributed by atoms with Crippen LogP contribution in [-0.4, -0.2) is 58.7 Å². The number of carboxylic acids is 1. The molecule has 1 N–H and O–H groups in total. The van der Waals surface area contributed by atoms with E-state index in [4.69, 9.17) is 14.2 Å². The van der Waals surface area contributed by atoms with Gasteiger partial charge in [0.25, 0.3) is 0 Å². The van der Waals surface area contributed by atoms with Crippen molar-refractivity contribution in [2.75, 3.05) is 26.9 Å². The van der Waals surface area contributed by atoms with E-state index in [1.807, 2.05) is 18.2 Å². The predicted octanol–water partition coefficient (Wildman–Crippen LogP) is 5.76. The fourth-order valence-electron chi connectivity index (χ4n) is 6.26. The summed E-state index contributed by atoms with van der Waals surface area (Å²) in [6.45, 7) is 10.6. The highest BCUT2D eigenvalue weighted by atomic mass is 16.5. The molecule has 3 aromatic carbocycles. The molecule has 0 amide bonds. The van der Waals surface area contributed by atoms with Gasteiger partial charge >= 0.3 is 5.97 Å². The number of aryl methyl sites for hydroxylation is 2. The maximum atomic E-state index is 11.7. The first kappa shape index (κ1) is 28.0. The first-order chi connectivity index (χ1) is 20.4. The second-order valence-corrected chi connectivity index (χ2v) is 11.1. The molecule has 4 aromatic rings. The topological polar surface area (TPSA) is 86.1 Å². The van der Waals surface area contributed by atoms with Crippen molar-refractivity contribution >= 4 is 5.97 Å². The van der Waals surface area contributed by atoms with Gasteiger partial charge in [0, 0.05) is 18.7 Å². The van der Waals surface area contributed by atoms with Crippen LogP contribution in [0.4, 0.5) is 0 Å². The van der Waals surface area contributed by atoms with Gasteiger partial charge in [0.05, 0.1) is 38.2 Å². The first-order valence-corrected chi connectivity index (χ1v) is 14.5. The van der Waals surface area contributed by atoms with Crippen molar-refractivity contribution in [3.63, 3.8) is 0 Å². The summed E-state index contributed by atoms with van der Waals surface area (Å²) in [4.78, 5) is 14.3. The fourth-order valence-corrected chi connectivity index (χ4v) is 6.26. The monoisotopic (exact) mass is 567 g/mol. The maximum absolute atomic E-state index is 11.7. The van der Waals surface area contributed by atoms with Gasteiger partial charge in [0.2, 0.25) is 5.88 Å². The summed E-state index contributed by atoms with van der Waals surface area (Å²) in [5.74, 6) is -0.0408. The molecular formula is C34H37N3O5. The largest absolute Gasteiger partial charge is 0.488 e. The van der Waals surface area contributed by atoms with E-state index < -0.39 is 5.97 Å². The van der Waals surface area contributed by atoms with Gasteiger partial charge in [-0.25, -0.2) is 9.48 Å². The lowest BCUT2D eigenvalue weighted by molar-refractivity contribution is -0.0695. The van der Waals surface area contributed by atoms with Crippen molar-refractivity contribution in [1.82, 2.24) is 14.7 Å². The Bertz CT molecular complexity index is 1640. The lowest BCUT2D eigenvalue weighted by atomic mass is 9.92. The Hall–Kier alpha value is -4.14. The highest BCUT2D eigenvalue weighted by Gasteiger charge is 2.29. The lowest BCUT2D eigenvalue weighted by Gasteiger charge is -2.40. The average molecular weight is 568 g/mol. The van der Waals surface area contributed by atoms with E-state index in [9.17, 15) is 9.90 Å². The van der Waals surface area contributed by atoms with Crippen molar-refractivity contribution in [2.45, 2.75) is 52.8 Å². The number of fused-ring (bicyclic) bond motifs is 1. The van der Waals surface area contributed by atoms with Crippen LogP contribution in [-0.2, 0) is 30.7 Å². The van der Waals surface area contributed by atoms with Crippen LogP contribution in [0.25, 0.3) is 16.8 Å². The number of benzene rings is 3. The average Bonchev–Trinajstić information content (AvgIpc) is 3.40. The van der Waals surface area contributed by atoms with Gasteiger partial charge in [0.1, 0.15) is 17.9 Å². The summed E-state index contributed by atoms with van der Waals surface area (Å²) in [7, 11) is 1.46. The van der Waals surface area contributed by atoms with Crippen molar-refractivity contribution < 1.29 is 24.1 Å². The number of ether oxygens (including phenoxy) is 3. The minimum absolute atomic E-state index is 0.0228. The minimum Gasteiger partial charge on any atom is -0.488 e. The maximum Gasteiger partial charge on any atom is 0.342 e. The molecule has 0 radical (unpaired) electrons. The van der Waals surface area contributed by atoms with Gasteiger partial charge < -0.3 is 19.3 Å². The number of para-hydroxylation sites is 1.